The molecule has 1 aromatic rings. The number of allylic oxidation sites excluding steroid dienone is 1. The average Bonchev–Trinajstić information content (AvgIpc) is 2.04. The minimum Gasteiger partial charge on any atom is -0.382 e. The van der Waals surface area contributed by atoms with Gasteiger partial charge in [-0.15, -0.1) is 0 Å². The molecule has 56 valence electrons. The summed E-state index contributed by atoms with van der Waals surface area (Å²) in [5, 5.41) is 0. The summed E-state index contributed by atoms with van der Waals surface area (Å²) in [6.45, 7) is 3.78. The first-order valence-corrected chi connectivity index (χ1v) is 3.55. The fourth-order valence-electron chi connectivity index (χ4n) is 1.14. The lowest BCUT2D eigenvalue weighted by molar-refractivity contribution is 0.212. The van der Waals surface area contributed by atoms with Gasteiger partial charge in [-0.2, -0.15) is 0 Å². The summed E-state index contributed by atoms with van der Waals surface area (Å²) in [6.07, 6.45) is 0.857. The van der Waals surface area contributed by atoms with E-state index in [0.29, 0.717) is 0 Å². The number of fused-ring (bicyclic) bond motifs is 1. The molecule has 0 bridgehead atoms. The zero-order valence-corrected chi connectivity index (χ0v) is 6.13. The molecule has 1 heterocycles. The van der Waals surface area contributed by atoms with E-state index in [1.54, 1.807) is 0 Å². The smallest absolute Gasteiger partial charge is 0.158 e. The third kappa shape index (κ3) is 1.07. The molecule has 0 saturated carbocycles. The van der Waals surface area contributed by atoms with Crippen LogP contribution in [0.15, 0.2) is 36.5 Å². The molecule has 0 saturated heterocycles. The Kier molecular flexibility index (Phi) is 1.32. The molecule has 2 nitrogen and oxygen atoms in total. The number of hydroxylamine groups is 1. The zero-order valence-electron chi connectivity index (χ0n) is 6.13. The molecule has 0 radical (unpaired) electrons. The lowest BCUT2D eigenvalue weighted by atomic mass is 10.1. The average molecular weight is 147 g/mol. The number of nitrogens with one attached hydrogen (secondary N) is 1. The summed E-state index contributed by atoms with van der Waals surface area (Å²) < 4.78 is 0. The van der Waals surface area contributed by atoms with Gasteiger partial charge in [0.25, 0.3) is 0 Å². The largest absolute Gasteiger partial charge is 0.382 e. The van der Waals surface area contributed by atoms with Crippen LogP contribution in [0.3, 0.4) is 0 Å². The predicted molar refractivity (Wildman–Crippen MR) is 43.0 cm³/mol. The SMILES string of the molecule is C=C1Cc2ccccc2ON1. The molecule has 1 aliphatic heterocycles. The van der Waals surface area contributed by atoms with Crippen LogP contribution in [0.25, 0.3) is 0 Å². The molecule has 1 aromatic carbocycles. The number of rotatable bonds is 0. The van der Waals surface area contributed by atoms with Crippen LogP contribution < -0.4 is 10.3 Å². The zero-order chi connectivity index (χ0) is 7.68. The van der Waals surface area contributed by atoms with Crippen molar-refractivity contribution in [3.8, 4) is 5.75 Å². The van der Waals surface area contributed by atoms with Crippen molar-refractivity contribution in [3.63, 3.8) is 0 Å². The quantitative estimate of drug-likeness (QED) is 0.602. The van der Waals surface area contributed by atoms with Gasteiger partial charge in [0.1, 0.15) is 0 Å². The van der Waals surface area contributed by atoms with Crippen LogP contribution in [-0.2, 0) is 6.42 Å². The number of hydrogen-bond donors (Lipinski definition) is 1. The Morgan fingerprint density at radius 3 is 3.09 bits per heavy atom. The molecule has 2 rings (SSSR count). The van der Waals surface area contributed by atoms with Crippen LogP contribution in [0.5, 0.6) is 5.75 Å². The first-order chi connectivity index (χ1) is 5.36. The fraction of sp³-hybridized carbons (Fsp3) is 0.111. The predicted octanol–water partition coefficient (Wildman–Crippen LogP) is 1.64. The second kappa shape index (κ2) is 2.31. The van der Waals surface area contributed by atoms with Crippen molar-refractivity contribution < 1.29 is 4.84 Å². The molecule has 11 heavy (non-hydrogen) atoms. The molecule has 0 aliphatic carbocycles. The van der Waals surface area contributed by atoms with E-state index in [9.17, 15) is 0 Å². The van der Waals surface area contributed by atoms with Crippen molar-refractivity contribution in [2.75, 3.05) is 0 Å². The van der Waals surface area contributed by atoms with Crippen molar-refractivity contribution in [3.05, 3.63) is 42.1 Å². The maximum Gasteiger partial charge on any atom is 0.158 e. The first kappa shape index (κ1) is 6.28. The third-order valence-electron chi connectivity index (χ3n) is 1.68. The Hall–Kier alpha value is -1.44. The van der Waals surface area contributed by atoms with Crippen LogP contribution in [-0.4, -0.2) is 0 Å². The maximum absolute atomic E-state index is 5.19. The minimum atomic E-state index is 0.857. The molecule has 1 aliphatic rings. The molecular formula is C9H9NO. The van der Waals surface area contributed by atoms with Gasteiger partial charge in [0, 0.05) is 17.7 Å². The van der Waals surface area contributed by atoms with E-state index in [2.05, 4.69) is 12.1 Å². The summed E-state index contributed by atoms with van der Waals surface area (Å²) in [4.78, 5) is 5.19. The van der Waals surface area contributed by atoms with Crippen LogP contribution in [0.4, 0.5) is 0 Å². The van der Waals surface area contributed by atoms with E-state index in [1.807, 2.05) is 24.3 Å². The van der Waals surface area contributed by atoms with Gasteiger partial charge in [-0.3, -0.25) is 0 Å². The van der Waals surface area contributed by atoms with Gasteiger partial charge in [0.05, 0.1) is 0 Å². The van der Waals surface area contributed by atoms with E-state index < -0.39 is 0 Å². The van der Waals surface area contributed by atoms with Gasteiger partial charge < -0.3 is 4.84 Å². The van der Waals surface area contributed by atoms with Crippen molar-refractivity contribution in [2.45, 2.75) is 6.42 Å². The van der Waals surface area contributed by atoms with Crippen LogP contribution in [0, 0.1) is 0 Å². The highest BCUT2D eigenvalue weighted by Crippen LogP contribution is 2.22. The summed E-state index contributed by atoms with van der Waals surface area (Å²) in [6, 6.07) is 7.94. The van der Waals surface area contributed by atoms with Crippen molar-refractivity contribution in [2.24, 2.45) is 0 Å². The summed E-state index contributed by atoms with van der Waals surface area (Å²) >= 11 is 0. The van der Waals surface area contributed by atoms with Crippen LogP contribution in [0.1, 0.15) is 5.56 Å². The highest BCUT2D eigenvalue weighted by molar-refractivity contribution is 5.37. The highest BCUT2D eigenvalue weighted by atomic mass is 16.6. The van der Waals surface area contributed by atoms with Crippen LogP contribution in [0.2, 0.25) is 0 Å². The minimum absolute atomic E-state index is 0.857. The Balaban J connectivity index is 2.41. The molecular weight excluding hydrogens is 138 g/mol. The molecule has 0 fully saturated rings. The van der Waals surface area contributed by atoms with Gasteiger partial charge in [0.2, 0.25) is 0 Å². The van der Waals surface area contributed by atoms with Gasteiger partial charge in [-0.25, -0.2) is 5.48 Å². The first-order valence-electron chi connectivity index (χ1n) is 3.55. The van der Waals surface area contributed by atoms with Crippen molar-refractivity contribution in [1.82, 2.24) is 5.48 Å². The highest BCUT2D eigenvalue weighted by Gasteiger charge is 2.10. The molecule has 0 amide bonds. The number of para-hydroxylation sites is 1. The number of benzene rings is 1. The van der Waals surface area contributed by atoms with Crippen LogP contribution >= 0.6 is 0 Å². The van der Waals surface area contributed by atoms with E-state index in [1.165, 1.54) is 5.56 Å². The topological polar surface area (TPSA) is 21.3 Å². The molecule has 0 unspecified atom stereocenters. The Labute approximate surface area is 65.4 Å². The summed E-state index contributed by atoms with van der Waals surface area (Å²) in [5.74, 6) is 0.903. The standard InChI is InChI=1S/C9H9NO/c1-7-6-8-4-2-3-5-9(8)11-10-7/h2-5,10H,1,6H2. The second-order valence-electron chi connectivity index (χ2n) is 2.59. The molecule has 0 aromatic heterocycles. The molecule has 2 heteroatoms. The molecule has 0 spiro atoms. The van der Waals surface area contributed by atoms with Crippen molar-refractivity contribution >= 4 is 0 Å². The Bertz CT molecular complexity index is 293. The van der Waals surface area contributed by atoms with Crippen molar-refractivity contribution in [1.29, 1.82) is 0 Å². The van der Waals surface area contributed by atoms with Gasteiger partial charge in [-0.05, 0) is 6.07 Å². The summed E-state index contributed by atoms with van der Waals surface area (Å²) in [7, 11) is 0. The van der Waals surface area contributed by atoms with Gasteiger partial charge >= 0.3 is 0 Å². The third-order valence-corrected chi connectivity index (χ3v) is 1.68. The van der Waals surface area contributed by atoms with E-state index in [0.717, 1.165) is 17.9 Å². The summed E-state index contributed by atoms with van der Waals surface area (Å²) in [5.41, 5.74) is 4.84. The normalized spacial score (nSPS) is 14.7. The van der Waals surface area contributed by atoms with Gasteiger partial charge in [-0.1, -0.05) is 24.8 Å². The lowest BCUT2D eigenvalue weighted by Crippen LogP contribution is -2.23. The monoisotopic (exact) mass is 147 g/mol. The molecule has 0 atom stereocenters. The molecule has 1 N–H and O–H groups in total. The van der Waals surface area contributed by atoms with Gasteiger partial charge in [0.15, 0.2) is 5.75 Å². The second-order valence-corrected chi connectivity index (χ2v) is 2.59. The maximum atomic E-state index is 5.19. The lowest BCUT2D eigenvalue weighted by Gasteiger charge is -2.19. The number of hydrogen-bond acceptors (Lipinski definition) is 2. The van der Waals surface area contributed by atoms with E-state index in [-0.39, 0.29) is 0 Å². The van der Waals surface area contributed by atoms with E-state index in [4.69, 9.17) is 4.84 Å². The fourth-order valence-corrected chi connectivity index (χ4v) is 1.14. The Morgan fingerprint density at radius 2 is 2.18 bits per heavy atom. The van der Waals surface area contributed by atoms with E-state index >= 15 is 0 Å². The Morgan fingerprint density at radius 1 is 1.36 bits per heavy atom.